The van der Waals surface area contributed by atoms with E-state index in [9.17, 15) is 4.39 Å². The first-order valence-corrected chi connectivity index (χ1v) is 12.2. The number of hydrogen-bond donors (Lipinski definition) is 1. The monoisotopic (exact) mass is 498 g/mol. The molecule has 0 fully saturated rings. The van der Waals surface area contributed by atoms with Gasteiger partial charge in [-0.05, 0) is 98.9 Å². The Morgan fingerprint density at radius 2 is 1.67 bits per heavy atom. The van der Waals surface area contributed by atoms with Crippen LogP contribution in [0.25, 0.3) is 17.0 Å². The lowest BCUT2D eigenvalue weighted by Gasteiger charge is -2.37. The van der Waals surface area contributed by atoms with E-state index in [2.05, 4.69) is 79.6 Å². The molecule has 0 radical (unpaired) electrons. The normalized spacial score (nSPS) is 15.9. The molecule has 36 heavy (non-hydrogen) atoms. The van der Waals surface area contributed by atoms with Crippen LogP contribution in [0.4, 0.5) is 10.1 Å². The Balaban J connectivity index is 1.69. The molecular formula is C29H27FN4OS. The molecule has 4 aromatic rings. The smallest absolute Gasteiger partial charge is 0.258 e. The molecule has 0 saturated heterocycles. The number of aromatic nitrogens is 2. The van der Waals surface area contributed by atoms with E-state index in [4.69, 9.17) is 16.7 Å². The summed E-state index contributed by atoms with van der Waals surface area (Å²) in [5.74, 6) is 0.335. The summed E-state index contributed by atoms with van der Waals surface area (Å²) in [6.07, 6.45) is 0. The Morgan fingerprint density at radius 3 is 2.36 bits per heavy atom. The number of allylic oxidation sites excluding steroid dienone is 1. The van der Waals surface area contributed by atoms with E-state index in [-0.39, 0.29) is 11.9 Å². The van der Waals surface area contributed by atoms with Gasteiger partial charge in [-0.3, -0.25) is 4.90 Å². The molecular weight excluding hydrogens is 471 g/mol. The fraction of sp³-hybridized carbons (Fsp3) is 0.207. The van der Waals surface area contributed by atoms with Gasteiger partial charge in [0.1, 0.15) is 5.82 Å². The predicted molar refractivity (Wildman–Crippen MR) is 145 cm³/mol. The number of nitrogens with zero attached hydrogens (tertiary/aromatic N) is 3. The first-order chi connectivity index (χ1) is 17.2. The number of rotatable bonds is 4. The van der Waals surface area contributed by atoms with Crippen LogP contribution in [-0.2, 0) is 0 Å². The van der Waals surface area contributed by atoms with Gasteiger partial charge >= 0.3 is 0 Å². The average molecular weight is 499 g/mol. The summed E-state index contributed by atoms with van der Waals surface area (Å²) in [5.41, 5.74) is 8.94. The van der Waals surface area contributed by atoms with Gasteiger partial charge in [-0.1, -0.05) is 41.6 Å². The zero-order valence-electron chi connectivity index (χ0n) is 20.9. The molecule has 0 spiro atoms. The lowest BCUT2D eigenvalue weighted by atomic mass is 9.92. The number of nitrogens with one attached hydrogen (secondary N) is 1. The van der Waals surface area contributed by atoms with Crippen LogP contribution in [0.1, 0.15) is 46.7 Å². The van der Waals surface area contributed by atoms with E-state index in [0.29, 0.717) is 22.4 Å². The molecule has 2 heterocycles. The molecule has 1 aliphatic heterocycles. The molecule has 1 unspecified atom stereocenters. The van der Waals surface area contributed by atoms with Crippen LogP contribution < -0.4 is 10.2 Å². The van der Waals surface area contributed by atoms with Gasteiger partial charge in [-0.15, -0.1) is 0 Å². The Labute approximate surface area is 215 Å². The summed E-state index contributed by atoms with van der Waals surface area (Å²) >= 11 is 5.88. The summed E-state index contributed by atoms with van der Waals surface area (Å²) in [5, 5.41) is 8.28. The van der Waals surface area contributed by atoms with Gasteiger partial charge in [-0.2, -0.15) is 4.98 Å². The molecule has 5 rings (SSSR count). The van der Waals surface area contributed by atoms with Crippen molar-refractivity contribution in [3.05, 3.63) is 106 Å². The van der Waals surface area contributed by atoms with Gasteiger partial charge in [-0.25, -0.2) is 4.39 Å². The van der Waals surface area contributed by atoms with Crippen molar-refractivity contribution in [3.63, 3.8) is 0 Å². The molecule has 0 bridgehead atoms. The van der Waals surface area contributed by atoms with Crippen molar-refractivity contribution in [2.75, 3.05) is 4.90 Å². The van der Waals surface area contributed by atoms with E-state index >= 15 is 0 Å². The fourth-order valence-corrected chi connectivity index (χ4v) is 5.04. The standard InChI is InChI=1S/C29H27FN4OS/c1-16-11-17(2)13-24(12-16)34-20(5)25(26(31-29(34)36)21-10-9-18(3)19(4)14-21)28-32-27(33-35-28)22-7-6-8-23(30)15-22/h6-15,26H,1-5H3,(H,31,36). The number of anilines is 1. The van der Waals surface area contributed by atoms with Crippen LogP contribution in [0.15, 0.2) is 70.9 Å². The topological polar surface area (TPSA) is 54.2 Å². The zero-order valence-corrected chi connectivity index (χ0v) is 21.7. The van der Waals surface area contributed by atoms with Crippen molar-refractivity contribution in [1.29, 1.82) is 0 Å². The fourth-order valence-electron chi connectivity index (χ4n) is 4.68. The maximum absolute atomic E-state index is 13.9. The summed E-state index contributed by atoms with van der Waals surface area (Å²) in [6.45, 7) is 10.3. The second-order valence-electron chi connectivity index (χ2n) is 9.34. The third-order valence-corrected chi connectivity index (χ3v) is 6.85. The van der Waals surface area contributed by atoms with Crippen LogP contribution in [0.5, 0.6) is 0 Å². The quantitative estimate of drug-likeness (QED) is 0.307. The minimum atomic E-state index is -0.354. The second-order valence-corrected chi connectivity index (χ2v) is 9.73. The highest BCUT2D eigenvalue weighted by Gasteiger charge is 2.35. The largest absolute Gasteiger partial charge is 0.351 e. The minimum Gasteiger partial charge on any atom is -0.351 e. The summed E-state index contributed by atoms with van der Waals surface area (Å²) in [4.78, 5) is 6.70. The van der Waals surface area contributed by atoms with Crippen LogP contribution >= 0.6 is 12.2 Å². The van der Waals surface area contributed by atoms with Gasteiger partial charge in [0.05, 0.1) is 11.6 Å². The molecule has 7 heteroatoms. The summed E-state index contributed by atoms with van der Waals surface area (Å²) in [6, 6.07) is 18.6. The number of hydrogen-bond acceptors (Lipinski definition) is 4. The molecule has 0 amide bonds. The number of halogens is 1. The molecule has 0 saturated carbocycles. The Morgan fingerprint density at radius 1 is 0.917 bits per heavy atom. The molecule has 182 valence electrons. The highest BCUT2D eigenvalue weighted by molar-refractivity contribution is 7.80. The Hall–Kier alpha value is -3.84. The first-order valence-electron chi connectivity index (χ1n) is 11.8. The maximum atomic E-state index is 13.9. The van der Waals surface area contributed by atoms with Crippen molar-refractivity contribution in [2.45, 2.75) is 40.7 Å². The van der Waals surface area contributed by atoms with E-state index < -0.39 is 0 Å². The van der Waals surface area contributed by atoms with Crippen LogP contribution in [-0.4, -0.2) is 15.3 Å². The molecule has 1 N–H and O–H groups in total. The third kappa shape index (κ3) is 4.42. The van der Waals surface area contributed by atoms with E-state index in [1.807, 2.05) is 11.8 Å². The number of aryl methyl sites for hydroxylation is 4. The lowest BCUT2D eigenvalue weighted by molar-refractivity contribution is 0.404. The average Bonchev–Trinajstić information content (AvgIpc) is 3.30. The van der Waals surface area contributed by atoms with E-state index in [1.165, 1.54) is 23.3 Å². The molecule has 5 nitrogen and oxygen atoms in total. The lowest BCUT2D eigenvalue weighted by Crippen LogP contribution is -2.46. The summed E-state index contributed by atoms with van der Waals surface area (Å²) < 4.78 is 19.6. The van der Waals surface area contributed by atoms with Crippen LogP contribution in [0.2, 0.25) is 0 Å². The van der Waals surface area contributed by atoms with Crippen LogP contribution in [0, 0.1) is 33.5 Å². The van der Waals surface area contributed by atoms with Gasteiger partial charge in [0.25, 0.3) is 5.89 Å². The predicted octanol–water partition coefficient (Wildman–Crippen LogP) is 6.98. The van der Waals surface area contributed by atoms with Crippen molar-refractivity contribution >= 4 is 28.6 Å². The van der Waals surface area contributed by atoms with E-state index in [0.717, 1.165) is 33.6 Å². The van der Waals surface area contributed by atoms with Crippen molar-refractivity contribution in [2.24, 2.45) is 0 Å². The van der Waals surface area contributed by atoms with Crippen molar-refractivity contribution in [3.8, 4) is 11.4 Å². The number of thiocarbonyl (C=S) groups is 1. The van der Waals surface area contributed by atoms with Crippen molar-refractivity contribution in [1.82, 2.24) is 15.5 Å². The van der Waals surface area contributed by atoms with Crippen molar-refractivity contribution < 1.29 is 8.91 Å². The second kappa shape index (κ2) is 9.32. The minimum absolute atomic E-state index is 0.292. The Bertz CT molecular complexity index is 1500. The molecule has 1 aliphatic rings. The van der Waals surface area contributed by atoms with Gasteiger partial charge in [0, 0.05) is 16.9 Å². The van der Waals surface area contributed by atoms with Crippen LogP contribution in [0.3, 0.4) is 0 Å². The van der Waals surface area contributed by atoms with Gasteiger partial charge in [0.2, 0.25) is 5.82 Å². The molecule has 1 atom stereocenters. The molecule has 0 aliphatic carbocycles. The first kappa shape index (κ1) is 23.9. The SMILES string of the molecule is CC1=C(c2nc(-c3cccc(F)c3)no2)C(c2ccc(C)c(C)c2)NC(=S)N1c1cc(C)cc(C)c1. The molecule has 1 aromatic heterocycles. The zero-order chi connectivity index (χ0) is 25.6. The Kier molecular flexibility index (Phi) is 6.18. The van der Waals surface area contributed by atoms with Gasteiger partial charge < -0.3 is 9.84 Å². The summed E-state index contributed by atoms with van der Waals surface area (Å²) in [7, 11) is 0. The van der Waals surface area contributed by atoms with E-state index in [1.54, 1.807) is 12.1 Å². The maximum Gasteiger partial charge on any atom is 0.258 e. The highest BCUT2D eigenvalue weighted by Crippen LogP contribution is 2.40. The highest BCUT2D eigenvalue weighted by atomic mass is 32.1. The molecule has 3 aromatic carbocycles. The third-order valence-electron chi connectivity index (χ3n) is 6.55. The number of benzene rings is 3. The van der Waals surface area contributed by atoms with Gasteiger partial charge in [0.15, 0.2) is 5.11 Å².